The van der Waals surface area contributed by atoms with Crippen molar-refractivity contribution < 1.29 is 0 Å². The molecule has 1 atom stereocenters. The number of hydrazine groups is 1. The molecule has 0 saturated heterocycles. The van der Waals surface area contributed by atoms with Gasteiger partial charge in [-0.2, -0.15) is 0 Å². The Kier molecular flexibility index (Phi) is 3.37. The summed E-state index contributed by atoms with van der Waals surface area (Å²) in [5, 5.41) is 1.07. The monoisotopic (exact) mass is 265 g/mol. The van der Waals surface area contributed by atoms with Gasteiger partial charge in [-0.15, -0.1) is 0 Å². The highest BCUT2D eigenvalue weighted by Gasteiger charge is 2.15. The maximum Gasteiger partial charge on any atom is 0.150 e. The molecule has 0 fully saturated rings. The molecule has 0 amide bonds. The van der Waals surface area contributed by atoms with Gasteiger partial charge in [0.2, 0.25) is 0 Å². The van der Waals surface area contributed by atoms with E-state index in [-0.39, 0.29) is 6.04 Å². The van der Waals surface area contributed by atoms with Crippen molar-refractivity contribution in [1.82, 2.24) is 20.4 Å². The van der Waals surface area contributed by atoms with E-state index in [0.717, 1.165) is 22.0 Å². The van der Waals surface area contributed by atoms with Crippen LogP contribution in [0.3, 0.4) is 0 Å². The summed E-state index contributed by atoms with van der Waals surface area (Å²) >= 11 is 0. The van der Waals surface area contributed by atoms with Crippen molar-refractivity contribution >= 4 is 10.9 Å². The summed E-state index contributed by atoms with van der Waals surface area (Å²) < 4.78 is 0. The van der Waals surface area contributed by atoms with Crippen molar-refractivity contribution in [3.8, 4) is 0 Å². The summed E-state index contributed by atoms with van der Waals surface area (Å²) in [4.78, 5) is 13.0. The van der Waals surface area contributed by atoms with Gasteiger partial charge in [0, 0.05) is 24.0 Å². The van der Waals surface area contributed by atoms with Crippen molar-refractivity contribution in [2.45, 2.75) is 13.0 Å². The first-order valence-corrected chi connectivity index (χ1v) is 6.37. The van der Waals surface area contributed by atoms with E-state index in [1.165, 1.54) is 0 Å². The van der Waals surface area contributed by atoms with E-state index in [2.05, 4.69) is 26.4 Å². The number of benzene rings is 1. The van der Waals surface area contributed by atoms with Crippen LogP contribution in [0.1, 0.15) is 23.0 Å². The van der Waals surface area contributed by atoms with Crippen LogP contribution in [0.15, 0.2) is 48.9 Å². The van der Waals surface area contributed by atoms with Crippen molar-refractivity contribution in [3.63, 3.8) is 0 Å². The lowest BCUT2D eigenvalue weighted by atomic mass is 10.0. The smallest absolute Gasteiger partial charge is 0.150 e. The average molecular weight is 265 g/mol. The van der Waals surface area contributed by atoms with Crippen LogP contribution in [0.4, 0.5) is 0 Å². The van der Waals surface area contributed by atoms with E-state index in [4.69, 9.17) is 5.84 Å². The molecular weight excluding hydrogens is 250 g/mol. The molecule has 20 heavy (non-hydrogen) atoms. The number of aryl methyl sites for hydroxylation is 1. The van der Waals surface area contributed by atoms with E-state index < -0.39 is 0 Å². The Morgan fingerprint density at radius 1 is 1.10 bits per heavy atom. The van der Waals surface area contributed by atoms with Gasteiger partial charge < -0.3 is 0 Å². The Morgan fingerprint density at radius 2 is 1.90 bits per heavy atom. The minimum atomic E-state index is -0.236. The minimum absolute atomic E-state index is 0.236. The second-order valence-electron chi connectivity index (χ2n) is 4.67. The van der Waals surface area contributed by atoms with Crippen LogP contribution in [0, 0.1) is 6.92 Å². The SMILES string of the molecule is Cc1cnc(C(NN)c2ccc3ncccc3c2)nc1. The molecule has 5 nitrogen and oxygen atoms in total. The molecule has 3 N–H and O–H groups in total. The number of hydrogen-bond donors (Lipinski definition) is 2. The van der Waals surface area contributed by atoms with Crippen LogP contribution in [-0.4, -0.2) is 15.0 Å². The molecule has 0 bridgehead atoms. The van der Waals surface area contributed by atoms with Gasteiger partial charge in [-0.05, 0) is 36.2 Å². The average Bonchev–Trinajstić information content (AvgIpc) is 2.50. The highest BCUT2D eigenvalue weighted by Crippen LogP contribution is 2.22. The lowest BCUT2D eigenvalue weighted by Gasteiger charge is -2.15. The van der Waals surface area contributed by atoms with E-state index in [1.807, 2.05) is 31.2 Å². The van der Waals surface area contributed by atoms with Crippen molar-refractivity contribution in [1.29, 1.82) is 0 Å². The number of nitrogens with two attached hydrogens (primary N) is 1. The maximum atomic E-state index is 5.67. The summed E-state index contributed by atoms with van der Waals surface area (Å²) in [6.45, 7) is 1.95. The van der Waals surface area contributed by atoms with E-state index in [1.54, 1.807) is 18.6 Å². The molecule has 100 valence electrons. The molecule has 0 aliphatic heterocycles. The molecule has 2 heterocycles. The number of fused-ring (bicyclic) bond motifs is 1. The summed E-state index contributed by atoms with van der Waals surface area (Å²) in [6, 6.07) is 9.72. The second kappa shape index (κ2) is 5.32. The van der Waals surface area contributed by atoms with Gasteiger partial charge in [0.25, 0.3) is 0 Å². The first kappa shape index (κ1) is 12.7. The number of pyridine rings is 1. The van der Waals surface area contributed by atoms with Crippen LogP contribution < -0.4 is 11.3 Å². The molecular formula is C15H15N5. The molecule has 0 aliphatic carbocycles. The first-order chi connectivity index (χ1) is 9.78. The van der Waals surface area contributed by atoms with Crippen molar-refractivity contribution in [2.24, 2.45) is 5.84 Å². The van der Waals surface area contributed by atoms with E-state index >= 15 is 0 Å². The zero-order chi connectivity index (χ0) is 13.9. The molecule has 0 spiro atoms. The van der Waals surface area contributed by atoms with Crippen molar-refractivity contribution in [3.05, 3.63) is 65.9 Å². The molecule has 0 saturated carbocycles. The number of aromatic nitrogens is 3. The maximum absolute atomic E-state index is 5.67. The van der Waals surface area contributed by atoms with Crippen LogP contribution in [0.25, 0.3) is 10.9 Å². The summed E-state index contributed by atoms with van der Waals surface area (Å²) in [7, 11) is 0. The zero-order valence-corrected chi connectivity index (χ0v) is 11.1. The van der Waals surface area contributed by atoms with Crippen LogP contribution in [0.2, 0.25) is 0 Å². The van der Waals surface area contributed by atoms with Gasteiger partial charge in [-0.3, -0.25) is 10.8 Å². The fourth-order valence-electron chi connectivity index (χ4n) is 2.15. The second-order valence-corrected chi connectivity index (χ2v) is 4.67. The fraction of sp³-hybridized carbons (Fsp3) is 0.133. The molecule has 3 aromatic rings. The lowest BCUT2D eigenvalue weighted by Crippen LogP contribution is -2.30. The first-order valence-electron chi connectivity index (χ1n) is 6.37. The number of hydrogen-bond acceptors (Lipinski definition) is 5. The highest BCUT2D eigenvalue weighted by molar-refractivity contribution is 5.79. The largest absolute Gasteiger partial charge is 0.270 e. The highest BCUT2D eigenvalue weighted by atomic mass is 15.2. The standard InChI is InChI=1S/C15H15N5/c1-10-8-18-15(19-9-10)14(20-16)12-4-5-13-11(7-12)3-2-6-17-13/h2-9,14,20H,16H2,1H3. The topological polar surface area (TPSA) is 76.7 Å². The zero-order valence-electron chi connectivity index (χ0n) is 11.1. The predicted octanol–water partition coefficient (Wildman–Crippen LogP) is 1.89. The number of rotatable bonds is 3. The van der Waals surface area contributed by atoms with Gasteiger partial charge in [0.1, 0.15) is 6.04 Å². The summed E-state index contributed by atoms with van der Waals surface area (Å²) in [6.07, 6.45) is 5.36. The quantitative estimate of drug-likeness (QED) is 0.558. The van der Waals surface area contributed by atoms with Gasteiger partial charge in [-0.1, -0.05) is 12.1 Å². The Hall–Kier alpha value is -2.37. The van der Waals surface area contributed by atoms with E-state index in [0.29, 0.717) is 5.82 Å². The Labute approximate surface area is 116 Å². The summed E-state index contributed by atoms with van der Waals surface area (Å²) in [5.74, 6) is 6.33. The molecule has 5 heteroatoms. The molecule has 1 unspecified atom stereocenters. The van der Waals surface area contributed by atoms with Gasteiger partial charge in [0.05, 0.1) is 5.52 Å². The summed E-state index contributed by atoms with van der Waals surface area (Å²) in [5.41, 5.74) is 5.76. The van der Waals surface area contributed by atoms with Crippen LogP contribution >= 0.6 is 0 Å². The lowest BCUT2D eigenvalue weighted by molar-refractivity contribution is 0.601. The third kappa shape index (κ3) is 2.36. The predicted molar refractivity (Wildman–Crippen MR) is 77.7 cm³/mol. The van der Waals surface area contributed by atoms with Crippen LogP contribution in [-0.2, 0) is 0 Å². The molecule has 0 radical (unpaired) electrons. The third-order valence-electron chi connectivity index (χ3n) is 3.19. The Bertz CT molecular complexity index is 724. The van der Waals surface area contributed by atoms with Gasteiger partial charge in [0.15, 0.2) is 5.82 Å². The molecule has 3 rings (SSSR count). The molecule has 1 aromatic carbocycles. The molecule has 0 aliphatic rings. The third-order valence-corrected chi connectivity index (χ3v) is 3.19. The normalized spacial score (nSPS) is 12.5. The minimum Gasteiger partial charge on any atom is -0.270 e. The Morgan fingerprint density at radius 3 is 2.65 bits per heavy atom. The van der Waals surface area contributed by atoms with Gasteiger partial charge >= 0.3 is 0 Å². The van der Waals surface area contributed by atoms with Gasteiger partial charge in [-0.25, -0.2) is 15.4 Å². The number of nitrogens with zero attached hydrogens (tertiary/aromatic N) is 3. The molecule has 2 aromatic heterocycles. The van der Waals surface area contributed by atoms with Crippen molar-refractivity contribution in [2.75, 3.05) is 0 Å². The fourth-order valence-corrected chi connectivity index (χ4v) is 2.15. The Balaban J connectivity index is 2.04. The van der Waals surface area contributed by atoms with Crippen LogP contribution in [0.5, 0.6) is 0 Å². The number of nitrogens with one attached hydrogen (secondary N) is 1. The van der Waals surface area contributed by atoms with E-state index in [9.17, 15) is 0 Å².